The minimum atomic E-state index is -0.322. The zero-order chi connectivity index (χ0) is 20.1. The molecule has 0 aliphatic carbocycles. The summed E-state index contributed by atoms with van der Waals surface area (Å²) >= 11 is 0. The number of hydrogen-bond donors (Lipinski definition) is 0. The zero-order valence-corrected chi connectivity index (χ0v) is 16.9. The van der Waals surface area contributed by atoms with E-state index in [0.29, 0.717) is 30.1 Å². The van der Waals surface area contributed by atoms with Crippen molar-refractivity contribution in [1.29, 1.82) is 0 Å². The highest BCUT2D eigenvalue weighted by Gasteiger charge is 2.21. The number of amides is 1. The topological polar surface area (TPSA) is 38.1 Å². The van der Waals surface area contributed by atoms with Crippen molar-refractivity contribution in [3.8, 4) is 0 Å². The molecule has 1 heterocycles. The summed E-state index contributed by atoms with van der Waals surface area (Å²) in [7, 11) is 0. The van der Waals surface area contributed by atoms with Crippen molar-refractivity contribution in [3.63, 3.8) is 0 Å². The van der Waals surface area contributed by atoms with Gasteiger partial charge in [-0.05, 0) is 43.0 Å². The molecule has 148 valence electrons. The second-order valence-corrected chi connectivity index (χ2v) is 7.56. The van der Waals surface area contributed by atoms with E-state index in [4.69, 9.17) is 0 Å². The van der Waals surface area contributed by atoms with Gasteiger partial charge >= 0.3 is 0 Å². The quantitative estimate of drug-likeness (QED) is 0.533. The van der Waals surface area contributed by atoms with Gasteiger partial charge in [0.1, 0.15) is 11.3 Å². The lowest BCUT2D eigenvalue weighted by Gasteiger charge is -2.24. The first-order valence-electron chi connectivity index (χ1n) is 9.99. The van der Waals surface area contributed by atoms with Gasteiger partial charge in [-0.2, -0.15) is 0 Å². The summed E-state index contributed by atoms with van der Waals surface area (Å²) in [5, 5.41) is 0. The van der Waals surface area contributed by atoms with Crippen molar-refractivity contribution < 1.29 is 9.18 Å². The Labute approximate surface area is 166 Å². The van der Waals surface area contributed by atoms with Gasteiger partial charge in [0.15, 0.2) is 5.82 Å². The van der Waals surface area contributed by atoms with Crippen LogP contribution in [-0.2, 0) is 13.1 Å². The van der Waals surface area contributed by atoms with Gasteiger partial charge in [-0.25, -0.2) is 9.37 Å². The molecule has 0 aliphatic heterocycles. The maximum absolute atomic E-state index is 14.3. The Hall–Kier alpha value is -2.69. The third-order valence-corrected chi connectivity index (χ3v) is 4.87. The first-order valence-corrected chi connectivity index (χ1v) is 9.99. The minimum absolute atomic E-state index is 0.0168. The van der Waals surface area contributed by atoms with Crippen molar-refractivity contribution in [2.75, 3.05) is 6.54 Å². The summed E-state index contributed by atoms with van der Waals surface area (Å²) in [4.78, 5) is 19.5. The average Bonchev–Trinajstić information content (AvgIpc) is 3.04. The van der Waals surface area contributed by atoms with Gasteiger partial charge in [0, 0.05) is 18.7 Å². The number of hydrogen-bond acceptors (Lipinski definition) is 2. The van der Waals surface area contributed by atoms with E-state index in [0.717, 1.165) is 30.7 Å². The summed E-state index contributed by atoms with van der Waals surface area (Å²) in [5.74, 6) is 0.876. The molecule has 0 spiro atoms. The second-order valence-electron chi connectivity index (χ2n) is 7.56. The van der Waals surface area contributed by atoms with Crippen LogP contribution in [0.1, 0.15) is 49.8 Å². The SMILES string of the molecule is CCCn1c(CN(CCC(C)C)C(=O)c2ccccc2)nc2c(F)cccc21. The Balaban J connectivity index is 1.96. The highest BCUT2D eigenvalue weighted by atomic mass is 19.1. The lowest BCUT2D eigenvalue weighted by molar-refractivity contribution is 0.0729. The smallest absolute Gasteiger partial charge is 0.254 e. The summed E-state index contributed by atoms with van der Waals surface area (Å²) in [5.41, 5.74) is 1.82. The van der Waals surface area contributed by atoms with Crippen LogP contribution in [0.2, 0.25) is 0 Å². The number of nitrogens with zero attached hydrogens (tertiary/aromatic N) is 3. The molecule has 0 N–H and O–H groups in total. The molecule has 0 saturated carbocycles. The van der Waals surface area contributed by atoms with Crippen LogP contribution in [-0.4, -0.2) is 26.9 Å². The van der Waals surface area contributed by atoms with Gasteiger partial charge in [-0.3, -0.25) is 4.79 Å². The zero-order valence-electron chi connectivity index (χ0n) is 16.9. The Morgan fingerprint density at radius 2 is 1.89 bits per heavy atom. The molecule has 1 amide bonds. The molecule has 5 heteroatoms. The van der Waals surface area contributed by atoms with Gasteiger partial charge in [-0.1, -0.05) is 45.0 Å². The molecule has 0 saturated heterocycles. The fourth-order valence-electron chi connectivity index (χ4n) is 3.36. The number of carbonyl (C=O) groups excluding carboxylic acids is 1. The van der Waals surface area contributed by atoms with Crippen LogP contribution in [0.3, 0.4) is 0 Å². The maximum atomic E-state index is 14.3. The Kier molecular flexibility index (Phi) is 6.45. The van der Waals surface area contributed by atoms with Crippen molar-refractivity contribution in [3.05, 3.63) is 65.7 Å². The molecule has 0 aliphatic rings. The minimum Gasteiger partial charge on any atom is -0.331 e. The van der Waals surface area contributed by atoms with Crippen LogP contribution in [0.5, 0.6) is 0 Å². The number of halogens is 1. The molecule has 0 atom stereocenters. The van der Waals surface area contributed by atoms with Gasteiger partial charge in [0.2, 0.25) is 0 Å². The van der Waals surface area contributed by atoms with Gasteiger partial charge in [-0.15, -0.1) is 0 Å². The normalized spacial score (nSPS) is 11.3. The van der Waals surface area contributed by atoms with E-state index in [-0.39, 0.29) is 11.7 Å². The van der Waals surface area contributed by atoms with Gasteiger partial charge < -0.3 is 9.47 Å². The van der Waals surface area contributed by atoms with Crippen molar-refractivity contribution >= 4 is 16.9 Å². The number of rotatable bonds is 8. The van der Waals surface area contributed by atoms with Crippen molar-refractivity contribution in [2.24, 2.45) is 5.92 Å². The van der Waals surface area contributed by atoms with E-state index in [1.165, 1.54) is 6.07 Å². The third kappa shape index (κ3) is 4.41. The molecule has 0 fully saturated rings. The molecule has 0 radical (unpaired) electrons. The number of aryl methyl sites for hydroxylation is 1. The standard InChI is InChI=1S/C23H28FN3O/c1-4-14-27-20-12-8-11-19(24)22(20)25-21(27)16-26(15-13-17(2)3)23(28)18-9-6-5-7-10-18/h5-12,17H,4,13-16H2,1-3H3. The van der Waals surface area contributed by atoms with Crippen LogP contribution in [0.4, 0.5) is 4.39 Å². The molecule has 4 nitrogen and oxygen atoms in total. The van der Waals surface area contributed by atoms with Crippen LogP contribution in [0, 0.1) is 11.7 Å². The molecule has 3 aromatic rings. The number of carbonyl (C=O) groups is 1. The molecule has 0 bridgehead atoms. The van der Waals surface area contributed by atoms with E-state index in [1.807, 2.05) is 45.9 Å². The molecular weight excluding hydrogens is 353 g/mol. The second kappa shape index (κ2) is 9.00. The largest absolute Gasteiger partial charge is 0.331 e. The summed E-state index contributed by atoms with van der Waals surface area (Å²) < 4.78 is 16.3. The Morgan fingerprint density at radius 3 is 2.57 bits per heavy atom. The van der Waals surface area contributed by atoms with Crippen LogP contribution < -0.4 is 0 Å². The van der Waals surface area contributed by atoms with Crippen LogP contribution in [0.15, 0.2) is 48.5 Å². The predicted molar refractivity (Wildman–Crippen MR) is 111 cm³/mol. The molecule has 1 aromatic heterocycles. The highest BCUT2D eigenvalue weighted by molar-refractivity contribution is 5.94. The third-order valence-electron chi connectivity index (χ3n) is 4.87. The fourth-order valence-corrected chi connectivity index (χ4v) is 3.36. The number of para-hydroxylation sites is 1. The van der Waals surface area contributed by atoms with Gasteiger partial charge in [0.05, 0.1) is 12.1 Å². The predicted octanol–water partition coefficient (Wildman–Crippen LogP) is 5.27. The lowest BCUT2D eigenvalue weighted by atomic mass is 10.1. The summed E-state index contributed by atoms with van der Waals surface area (Å²) in [6.45, 7) is 8.13. The monoisotopic (exact) mass is 381 g/mol. The maximum Gasteiger partial charge on any atom is 0.254 e. The Morgan fingerprint density at radius 1 is 1.14 bits per heavy atom. The van der Waals surface area contributed by atoms with E-state index in [1.54, 1.807) is 6.07 Å². The first-order chi connectivity index (χ1) is 13.5. The van der Waals surface area contributed by atoms with Gasteiger partial charge in [0.25, 0.3) is 5.91 Å². The van der Waals surface area contributed by atoms with E-state index >= 15 is 0 Å². The molecule has 2 aromatic carbocycles. The number of imidazole rings is 1. The highest BCUT2D eigenvalue weighted by Crippen LogP contribution is 2.22. The molecular formula is C23H28FN3O. The molecule has 3 rings (SSSR count). The van der Waals surface area contributed by atoms with E-state index in [9.17, 15) is 9.18 Å². The molecule has 28 heavy (non-hydrogen) atoms. The number of fused-ring (bicyclic) bond motifs is 1. The van der Waals surface area contributed by atoms with Crippen molar-refractivity contribution in [1.82, 2.24) is 14.5 Å². The van der Waals surface area contributed by atoms with Crippen molar-refractivity contribution in [2.45, 2.75) is 46.7 Å². The van der Waals surface area contributed by atoms with Crippen LogP contribution >= 0.6 is 0 Å². The number of benzene rings is 2. The van der Waals surface area contributed by atoms with Crippen LogP contribution in [0.25, 0.3) is 11.0 Å². The lowest BCUT2D eigenvalue weighted by Crippen LogP contribution is -2.33. The Bertz CT molecular complexity index is 934. The number of aromatic nitrogens is 2. The molecule has 0 unspecified atom stereocenters. The fraction of sp³-hybridized carbons (Fsp3) is 0.391. The summed E-state index contributed by atoms with van der Waals surface area (Å²) in [6.07, 6.45) is 1.81. The van der Waals surface area contributed by atoms with E-state index in [2.05, 4.69) is 25.8 Å². The average molecular weight is 381 g/mol. The van der Waals surface area contributed by atoms with E-state index < -0.39 is 0 Å². The first kappa shape index (κ1) is 20.1. The summed E-state index contributed by atoms with van der Waals surface area (Å²) in [6, 6.07) is 14.3.